The Morgan fingerprint density at radius 1 is 1.04 bits per heavy atom. The Labute approximate surface area is 322 Å². The molecule has 1 aliphatic heterocycles. The minimum absolute atomic E-state index is 0.0431. The second-order valence-corrected chi connectivity index (χ2v) is 16.0. The lowest BCUT2D eigenvalue weighted by atomic mass is 10.0. The van der Waals surface area contributed by atoms with E-state index < -0.39 is 33.6 Å². The van der Waals surface area contributed by atoms with Gasteiger partial charge in [-0.1, -0.05) is 41.4 Å². The molecule has 1 aromatic heterocycles. The van der Waals surface area contributed by atoms with Gasteiger partial charge in [0.05, 0.1) is 5.02 Å². The Kier molecular flexibility index (Phi) is 15.5. The van der Waals surface area contributed by atoms with Crippen molar-refractivity contribution in [2.45, 2.75) is 69.3 Å². The summed E-state index contributed by atoms with van der Waals surface area (Å²) in [6, 6.07) is 11.9. The lowest BCUT2D eigenvalue weighted by Gasteiger charge is -2.39. The van der Waals surface area contributed by atoms with E-state index in [-0.39, 0.29) is 58.6 Å². The Morgan fingerprint density at radius 2 is 1.65 bits per heavy atom. The van der Waals surface area contributed by atoms with Crippen molar-refractivity contribution in [3.8, 4) is 5.75 Å². The highest BCUT2D eigenvalue weighted by molar-refractivity contribution is 7.89. The second kappa shape index (κ2) is 18.7. The number of alkyl halides is 3. The van der Waals surface area contributed by atoms with Gasteiger partial charge in [0.15, 0.2) is 0 Å². The maximum atomic E-state index is 13.6. The highest BCUT2D eigenvalue weighted by atomic mass is 35.5. The van der Waals surface area contributed by atoms with Crippen molar-refractivity contribution in [2.24, 2.45) is 5.73 Å². The number of carboxylic acid groups (broad SMARTS) is 1. The maximum absolute atomic E-state index is 13.6. The van der Waals surface area contributed by atoms with Crippen molar-refractivity contribution in [3.63, 3.8) is 0 Å². The van der Waals surface area contributed by atoms with Gasteiger partial charge in [-0.25, -0.2) is 18.2 Å². The zero-order valence-corrected chi connectivity index (χ0v) is 32.9. The third kappa shape index (κ3) is 12.4. The molecule has 4 rings (SSSR count). The number of hydrogen-bond donors (Lipinski definition) is 3. The predicted molar refractivity (Wildman–Crippen MR) is 199 cm³/mol. The van der Waals surface area contributed by atoms with E-state index in [0.717, 1.165) is 30.5 Å². The molecule has 2 aromatic carbocycles. The summed E-state index contributed by atoms with van der Waals surface area (Å²) in [6.45, 7) is 6.92. The first-order valence-corrected chi connectivity index (χ1v) is 19.0. The third-order valence-corrected chi connectivity index (χ3v) is 10.9. The summed E-state index contributed by atoms with van der Waals surface area (Å²) in [5, 5.41) is 8.14. The van der Waals surface area contributed by atoms with E-state index in [1.165, 1.54) is 26.0 Å². The molecule has 4 N–H and O–H groups in total. The molecule has 2 heterocycles. The number of aromatic nitrogens is 1. The number of carbonyl (C=O) groups is 3. The van der Waals surface area contributed by atoms with Gasteiger partial charge in [-0.2, -0.15) is 17.9 Å². The van der Waals surface area contributed by atoms with Crippen LogP contribution < -0.4 is 15.2 Å². The number of aryl methyl sites for hydroxylation is 1. The van der Waals surface area contributed by atoms with E-state index in [2.05, 4.69) is 14.6 Å². The number of piperazine rings is 1. The fourth-order valence-electron chi connectivity index (χ4n) is 5.51. The Bertz CT molecular complexity index is 1920. The zero-order valence-electron chi connectivity index (χ0n) is 30.5. The molecule has 0 spiro atoms. The summed E-state index contributed by atoms with van der Waals surface area (Å²) in [7, 11) is -0.291. The number of sulfonamides is 1. The fraction of sp³-hybridized carbons (Fsp3) is 0.486. The smallest absolute Gasteiger partial charge is 0.487 e. The zero-order chi connectivity index (χ0) is 40.6. The number of pyridine rings is 1. The first-order valence-electron chi connectivity index (χ1n) is 16.8. The topological polar surface area (TPSA) is 175 Å². The molecule has 3 aromatic rings. The van der Waals surface area contributed by atoms with Crippen LogP contribution in [0.1, 0.15) is 44.4 Å². The van der Waals surface area contributed by atoms with E-state index in [1.54, 1.807) is 15.9 Å². The molecule has 0 radical (unpaired) electrons. The van der Waals surface area contributed by atoms with Gasteiger partial charge in [-0.3, -0.25) is 9.59 Å². The van der Waals surface area contributed by atoms with Crippen LogP contribution in [0.3, 0.4) is 0 Å². The largest absolute Gasteiger partial charge is 0.490 e. The molecule has 13 nitrogen and oxygen atoms in total. The van der Waals surface area contributed by atoms with Crippen molar-refractivity contribution in [3.05, 3.63) is 63.8 Å². The molecule has 1 saturated heterocycles. The molecule has 2 amide bonds. The molecule has 0 unspecified atom stereocenters. The molecule has 0 aliphatic carbocycles. The molecule has 19 heteroatoms. The maximum Gasteiger partial charge on any atom is 0.490 e. The number of carboxylic acids is 1. The van der Waals surface area contributed by atoms with Gasteiger partial charge in [0, 0.05) is 60.3 Å². The van der Waals surface area contributed by atoms with Crippen LogP contribution in [0.4, 0.5) is 13.2 Å². The van der Waals surface area contributed by atoms with Crippen molar-refractivity contribution in [1.29, 1.82) is 0 Å². The summed E-state index contributed by atoms with van der Waals surface area (Å²) < 4.78 is 67.6. The number of halogens is 5. The van der Waals surface area contributed by atoms with Crippen LogP contribution in [0.15, 0.2) is 47.4 Å². The number of fused-ring (bicyclic) bond motifs is 1. The van der Waals surface area contributed by atoms with Crippen LogP contribution in [-0.4, -0.2) is 116 Å². The number of nitrogens with two attached hydrogens (primary N) is 1. The van der Waals surface area contributed by atoms with Crippen LogP contribution in [0.2, 0.25) is 10.0 Å². The van der Waals surface area contributed by atoms with Crippen LogP contribution in [0.5, 0.6) is 5.75 Å². The minimum atomic E-state index is -5.08. The monoisotopic (exact) mass is 820 g/mol. The minimum Gasteiger partial charge on any atom is -0.487 e. The van der Waals surface area contributed by atoms with Crippen LogP contribution >= 0.6 is 23.2 Å². The number of amides is 2. The molecular weight excluding hydrogens is 776 g/mol. The van der Waals surface area contributed by atoms with E-state index >= 15 is 0 Å². The summed E-state index contributed by atoms with van der Waals surface area (Å²) in [4.78, 5) is 44.9. The number of rotatable bonds is 13. The quantitative estimate of drug-likeness (QED) is 0.216. The van der Waals surface area contributed by atoms with Crippen LogP contribution in [-0.2, 0) is 31.0 Å². The van der Waals surface area contributed by atoms with Gasteiger partial charge in [0.2, 0.25) is 21.8 Å². The number of benzene rings is 2. The molecule has 54 heavy (non-hydrogen) atoms. The number of nitrogens with zero attached hydrogens (tertiary/aromatic N) is 4. The van der Waals surface area contributed by atoms with Gasteiger partial charge in [-0.15, -0.1) is 0 Å². The number of ether oxygens (including phenoxy) is 1. The van der Waals surface area contributed by atoms with Crippen molar-refractivity contribution in [2.75, 3.05) is 46.8 Å². The van der Waals surface area contributed by atoms with E-state index in [0.29, 0.717) is 24.4 Å². The van der Waals surface area contributed by atoms with Crippen LogP contribution in [0.25, 0.3) is 10.9 Å². The molecule has 298 valence electrons. The standard InChI is InChI=1S/C33H44Cl2N6O5S.C2HF3O2/c1-22-11-12-23-8-6-10-27(31(23)37-22)46-21-25-26(34)13-14-28(30(25)35)47(44,45)38-33(2,3)32(43)41-18-16-40(17-19-41)29(42)20-24(36)9-7-15-39(4)5;3-2(4,5)1(6)7/h6,8,10-14,24,38H,7,9,15-21,36H2,1-5H3;(H,6,7)/t24-;/m0./s1. The van der Waals surface area contributed by atoms with E-state index in [4.69, 9.17) is 43.6 Å². The number of carbonyl (C=O) groups excluding carboxylic acids is 2. The normalized spacial score (nSPS) is 14.4. The first-order chi connectivity index (χ1) is 25.0. The summed E-state index contributed by atoms with van der Waals surface area (Å²) >= 11 is 13.1. The Hall–Kier alpha value is -3.74. The van der Waals surface area contributed by atoms with Crippen molar-refractivity contribution >= 4 is 61.9 Å². The third-order valence-electron chi connectivity index (χ3n) is 8.34. The number of hydrogen-bond acceptors (Lipinski definition) is 9. The summed E-state index contributed by atoms with van der Waals surface area (Å²) in [5.41, 5.74) is 6.44. The number of para-hydroxylation sites is 1. The highest BCUT2D eigenvalue weighted by Gasteiger charge is 2.39. The average molecular weight is 822 g/mol. The molecule has 0 bridgehead atoms. The Balaban J connectivity index is 0.00000102. The number of nitrogens with one attached hydrogen (secondary N) is 1. The predicted octanol–water partition coefficient (Wildman–Crippen LogP) is 4.85. The molecule has 1 atom stereocenters. The van der Waals surface area contributed by atoms with Gasteiger partial charge in [0.25, 0.3) is 0 Å². The van der Waals surface area contributed by atoms with Gasteiger partial charge >= 0.3 is 12.1 Å². The first kappa shape index (κ1) is 44.7. The highest BCUT2D eigenvalue weighted by Crippen LogP contribution is 2.34. The number of aliphatic carboxylic acids is 1. The average Bonchev–Trinajstić information content (AvgIpc) is 3.07. The Morgan fingerprint density at radius 3 is 2.24 bits per heavy atom. The summed E-state index contributed by atoms with van der Waals surface area (Å²) in [6.07, 6.45) is -3.17. The van der Waals surface area contributed by atoms with E-state index in [9.17, 15) is 31.2 Å². The lowest BCUT2D eigenvalue weighted by Crippen LogP contribution is -2.60. The van der Waals surface area contributed by atoms with Crippen molar-refractivity contribution < 1.29 is 45.8 Å². The molecule has 1 aliphatic rings. The SMILES string of the molecule is Cc1ccc2cccc(OCc3c(Cl)ccc(S(=O)(=O)NC(C)(C)C(=O)N4CCN(C(=O)C[C@@H](N)CCCN(C)C)CC4)c3Cl)c2n1.O=C(O)C(F)(F)F. The lowest BCUT2D eigenvalue weighted by molar-refractivity contribution is -0.192. The second-order valence-electron chi connectivity index (χ2n) is 13.5. The van der Waals surface area contributed by atoms with Gasteiger partial charge < -0.3 is 30.3 Å². The van der Waals surface area contributed by atoms with Crippen molar-refractivity contribution in [1.82, 2.24) is 24.4 Å². The molecule has 0 saturated carbocycles. The van der Waals surface area contributed by atoms with E-state index in [1.807, 2.05) is 45.3 Å². The van der Waals surface area contributed by atoms with Gasteiger partial charge in [-0.05, 0) is 78.5 Å². The molecule has 1 fully saturated rings. The molecular formula is C35H45Cl2F3N6O7S. The van der Waals surface area contributed by atoms with Crippen LogP contribution in [0, 0.1) is 6.92 Å². The fourth-order valence-corrected chi connectivity index (χ4v) is 7.77. The van der Waals surface area contributed by atoms with Gasteiger partial charge in [0.1, 0.15) is 28.3 Å². The summed E-state index contributed by atoms with van der Waals surface area (Å²) in [5.74, 6) is -2.71.